The van der Waals surface area contributed by atoms with Crippen molar-refractivity contribution in [3.8, 4) is 0 Å². The van der Waals surface area contributed by atoms with Gasteiger partial charge in [-0.2, -0.15) is 0 Å². The lowest BCUT2D eigenvalue weighted by molar-refractivity contribution is -0.141. The molecule has 0 aliphatic rings. The van der Waals surface area contributed by atoms with E-state index in [0.717, 1.165) is 11.1 Å². The summed E-state index contributed by atoms with van der Waals surface area (Å²) in [7, 11) is 0. The summed E-state index contributed by atoms with van der Waals surface area (Å²) in [5, 5.41) is 0. The average molecular weight is 374 g/mol. The van der Waals surface area contributed by atoms with E-state index in [-0.39, 0.29) is 11.5 Å². The quantitative estimate of drug-likeness (QED) is 0.374. The van der Waals surface area contributed by atoms with Crippen molar-refractivity contribution in [2.75, 3.05) is 0 Å². The summed E-state index contributed by atoms with van der Waals surface area (Å²) < 4.78 is 10.5. The van der Waals surface area contributed by atoms with Crippen LogP contribution in [-0.4, -0.2) is 11.9 Å². The van der Waals surface area contributed by atoms with Gasteiger partial charge in [0.05, 0.1) is 0 Å². The molecule has 0 N–H and O–H groups in total. The number of benzene rings is 2. The van der Waals surface area contributed by atoms with Crippen LogP contribution in [0.15, 0.2) is 96.5 Å². The number of rotatable bonds is 7. The minimum atomic E-state index is -0.510. The molecule has 0 saturated carbocycles. The molecule has 0 spiro atoms. The van der Waals surface area contributed by atoms with E-state index in [1.807, 2.05) is 72.8 Å². The van der Waals surface area contributed by atoms with E-state index in [1.165, 1.54) is 13.8 Å². The predicted octanol–water partition coefficient (Wildman–Crippen LogP) is 5.31. The van der Waals surface area contributed by atoms with Gasteiger partial charge < -0.3 is 9.47 Å². The van der Waals surface area contributed by atoms with E-state index < -0.39 is 11.9 Å². The van der Waals surface area contributed by atoms with Gasteiger partial charge in [0.1, 0.15) is 0 Å². The first kappa shape index (κ1) is 20.6. The first-order valence-corrected chi connectivity index (χ1v) is 8.78. The summed E-state index contributed by atoms with van der Waals surface area (Å²) in [6.07, 6.45) is 10.3. The molecule has 0 unspecified atom stereocenters. The zero-order chi connectivity index (χ0) is 20.2. The molecule has 4 heteroatoms. The molecule has 2 aromatic rings. The molecule has 0 radical (unpaired) electrons. The second-order valence-electron chi connectivity index (χ2n) is 5.79. The van der Waals surface area contributed by atoms with Crippen molar-refractivity contribution in [1.82, 2.24) is 0 Å². The van der Waals surface area contributed by atoms with Crippen LogP contribution < -0.4 is 0 Å². The van der Waals surface area contributed by atoms with Gasteiger partial charge in [0.15, 0.2) is 11.5 Å². The smallest absolute Gasteiger partial charge is 0.308 e. The van der Waals surface area contributed by atoms with Crippen LogP contribution in [0.1, 0.15) is 25.0 Å². The van der Waals surface area contributed by atoms with Crippen LogP contribution >= 0.6 is 0 Å². The first-order chi connectivity index (χ1) is 13.5. The molecule has 0 bridgehead atoms. The van der Waals surface area contributed by atoms with Gasteiger partial charge in [-0.15, -0.1) is 0 Å². The van der Waals surface area contributed by atoms with E-state index in [9.17, 15) is 9.59 Å². The number of esters is 2. The van der Waals surface area contributed by atoms with Crippen molar-refractivity contribution in [1.29, 1.82) is 0 Å². The molecule has 0 aromatic heterocycles. The predicted molar refractivity (Wildman–Crippen MR) is 111 cm³/mol. The molecule has 2 aromatic carbocycles. The maximum atomic E-state index is 11.5. The van der Waals surface area contributed by atoms with Crippen molar-refractivity contribution in [3.05, 3.63) is 108 Å². The molecule has 0 amide bonds. The van der Waals surface area contributed by atoms with Crippen LogP contribution in [0.5, 0.6) is 0 Å². The topological polar surface area (TPSA) is 52.6 Å². The molecule has 0 atom stereocenters. The molecule has 0 aliphatic carbocycles. The molecule has 142 valence electrons. The maximum absolute atomic E-state index is 11.5. The lowest BCUT2D eigenvalue weighted by Gasteiger charge is -2.10. The highest BCUT2D eigenvalue weighted by molar-refractivity contribution is 5.71. The normalized spacial score (nSPS) is 12.4. The molecular formula is C24H22O4. The number of ether oxygens (including phenoxy) is 2. The van der Waals surface area contributed by atoms with Crippen molar-refractivity contribution in [3.63, 3.8) is 0 Å². The monoisotopic (exact) mass is 374 g/mol. The minimum absolute atomic E-state index is 0.146. The fraction of sp³-hybridized carbons (Fsp3) is 0.0833. The highest BCUT2D eigenvalue weighted by atomic mass is 16.6. The number of carbonyl (C=O) groups excluding carboxylic acids is 2. The number of carbonyl (C=O) groups is 2. The highest BCUT2D eigenvalue weighted by Crippen LogP contribution is 2.16. The summed E-state index contributed by atoms with van der Waals surface area (Å²) in [6, 6.07) is 19.3. The Morgan fingerprint density at radius 2 is 1.00 bits per heavy atom. The largest absolute Gasteiger partial charge is 0.423 e. The fourth-order valence-corrected chi connectivity index (χ4v) is 2.26. The van der Waals surface area contributed by atoms with Gasteiger partial charge >= 0.3 is 11.9 Å². The number of hydrogen-bond donors (Lipinski definition) is 0. The van der Waals surface area contributed by atoms with Crippen molar-refractivity contribution in [2.45, 2.75) is 13.8 Å². The lowest BCUT2D eigenvalue weighted by Crippen LogP contribution is -2.07. The third-order valence-corrected chi connectivity index (χ3v) is 3.42. The fourth-order valence-electron chi connectivity index (χ4n) is 2.26. The summed E-state index contributed by atoms with van der Waals surface area (Å²) >= 11 is 0. The minimum Gasteiger partial charge on any atom is -0.423 e. The Bertz CT molecular complexity index is 827. The molecule has 0 saturated heterocycles. The molecule has 0 heterocycles. The van der Waals surface area contributed by atoms with E-state index in [0.29, 0.717) is 0 Å². The second kappa shape index (κ2) is 11.1. The van der Waals surface area contributed by atoms with Gasteiger partial charge in [-0.3, -0.25) is 9.59 Å². The van der Waals surface area contributed by atoms with Gasteiger partial charge in [-0.1, -0.05) is 85.0 Å². The van der Waals surface area contributed by atoms with Gasteiger partial charge in [0, 0.05) is 13.8 Å². The highest BCUT2D eigenvalue weighted by Gasteiger charge is 2.12. The molecular weight excluding hydrogens is 352 g/mol. The Labute approximate surface area is 165 Å². The van der Waals surface area contributed by atoms with Crippen molar-refractivity contribution in [2.24, 2.45) is 0 Å². The van der Waals surface area contributed by atoms with Crippen molar-refractivity contribution < 1.29 is 19.1 Å². The Kier molecular flexibility index (Phi) is 8.21. The Balaban J connectivity index is 2.30. The standard InChI is InChI=1S/C24H22O4/c1-19(25)27-23(17-9-15-21-11-5-3-6-12-21)24(28-20(2)26)18-10-16-22-13-7-4-8-14-22/h3-18H,1-2H3/b15-9+,16-10+,23-17+,24-18+. The SMILES string of the molecule is CC(=O)OC(=C/C=C/c1ccccc1)/C(=C\C=C\c1ccccc1)OC(C)=O. The van der Waals surface area contributed by atoms with Crippen molar-refractivity contribution >= 4 is 24.1 Å². The zero-order valence-electron chi connectivity index (χ0n) is 15.9. The van der Waals surface area contributed by atoms with E-state index in [4.69, 9.17) is 9.47 Å². The van der Waals surface area contributed by atoms with Gasteiger partial charge in [-0.25, -0.2) is 0 Å². The Hall–Kier alpha value is -3.66. The van der Waals surface area contributed by atoms with Crippen LogP contribution in [0.2, 0.25) is 0 Å². The van der Waals surface area contributed by atoms with Crippen LogP contribution in [0, 0.1) is 0 Å². The van der Waals surface area contributed by atoms with Gasteiger partial charge in [0.2, 0.25) is 0 Å². The summed E-state index contributed by atoms with van der Waals surface area (Å²) in [5.41, 5.74) is 1.98. The number of allylic oxidation sites excluding steroid dienone is 4. The first-order valence-electron chi connectivity index (χ1n) is 8.78. The summed E-state index contributed by atoms with van der Waals surface area (Å²) in [4.78, 5) is 23.0. The van der Waals surface area contributed by atoms with Gasteiger partial charge in [-0.05, 0) is 23.3 Å². The molecule has 0 fully saturated rings. The van der Waals surface area contributed by atoms with E-state index in [2.05, 4.69) is 0 Å². The summed E-state index contributed by atoms with van der Waals surface area (Å²) in [5.74, 6) is -0.728. The van der Waals surface area contributed by atoms with Gasteiger partial charge in [0.25, 0.3) is 0 Å². The third kappa shape index (κ3) is 7.70. The third-order valence-electron chi connectivity index (χ3n) is 3.42. The Morgan fingerprint density at radius 1 is 0.643 bits per heavy atom. The van der Waals surface area contributed by atoms with E-state index >= 15 is 0 Å². The molecule has 4 nitrogen and oxygen atoms in total. The van der Waals surface area contributed by atoms with E-state index in [1.54, 1.807) is 24.3 Å². The lowest BCUT2D eigenvalue weighted by atomic mass is 10.2. The molecule has 2 rings (SSSR count). The molecule has 28 heavy (non-hydrogen) atoms. The van der Waals surface area contributed by atoms with Crippen LogP contribution in [-0.2, 0) is 19.1 Å². The maximum Gasteiger partial charge on any atom is 0.308 e. The van der Waals surface area contributed by atoms with Crippen LogP contribution in [0.4, 0.5) is 0 Å². The summed E-state index contributed by atoms with van der Waals surface area (Å²) in [6.45, 7) is 2.58. The molecule has 0 aliphatic heterocycles. The number of hydrogen-bond acceptors (Lipinski definition) is 4. The van der Waals surface area contributed by atoms with Crippen LogP contribution in [0.3, 0.4) is 0 Å². The Morgan fingerprint density at radius 3 is 1.32 bits per heavy atom. The zero-order valence-corrected chi connectivity index (χ0v) is 15.9. The second-order valence-corrected chi connectivity index (χ2v) is 5.79. The average Bonchev–Trinajstić information content (AvgIpc) is 2.67. The van der Waals surface area contributed by atoms with Crippen LogP contribution in [0.25, 0.3) is 12.2 Å².